The molecule has 0 bridgehead atoms. The van der Waals surface area contributed by atoms with Crippen LogP contribution in [-0.4, -0.2) is 31.4 Å². The van der Waals surface area contributed by atoms with Gasteiger partial charge in [0.2, 0.25) is 0 Å². The molecule has 128 valence electrons. The largest absolute Gasteiger partial charge is 0.467 e. The van der Waals surface area contributed by atoms with Crippen molar-refractivity contribution in [2.24, 2.45) is 0 Å². The molecule has 2 aromatic carbocycles. The van der Waals surface area contributed by atoms with E-state index < -0.39 is 17.7 Å². The van der Waals surface area contributed by atoms with Gasteiger partial charge in [0.05, 0.1) is 7.11 Å². The van der Waals surface area contributed by atoms with Gasteiger partial charge in [-0.25, -0.2) is 4.79 Å². The van der Waals surface area contributed by atoms with Gasteiger partial charge in [0.1, 0.15) is 5.60 Å². The topological polar surface area (TPSA) is 55.8 Å². The number of carbonyl (C=O) groups excluding carboxylic acids is 1. The molecule has 2 unspecified atom stereocenters. The van der Waals surface area contributed by atoms with Gasteiger partial charge in [-0.3, -0.25) is 0 Å². The second-order valence-electron chi connectivity index (χ2n) is 5.72. The first-order valence-electron chi connectivity index (χ1n) is 8.04. The van der Waals surface area contributed by atoms with E-state index in [0.29, 0.717) is 6.42 Å². The van der Waals surface area contributed by atoms with E-state index >= 15 is 0 Å². The number of aryl methyl sites for hydroxylation is 1. The van der Waals surface area contributed by atoms with Gasteiger partial charge in [0.15, 0.2) is 6.10 Å². The van der Waals surface area contributed by atoms with Gasteiger partial charge >= 0.3 is 5.97 Å². The molecular formula is C20H24O4. The van der Waals surface area contributed by atoms with E-state index in [1.165, 1.54) is 19.8 Å². The average Bonchev–Trinajstić information content (AvgIpc) is 2.66. The minimum absolute atomic E-state index is 0.499. The van der Waals surface area contributed by atoms with Crippen LogP contribution < -0.4 is 0 Å². The quantitative estimate of drug-likeness (QED) is 0.757. The second kappa shape index (κ2) is 8.62. The molecule has 0 aromatic heterocycles. The Hall–Kier alpha value is -2.17. The van der Waals surface area contributed by atoms with Crippen molar-refractivity contribution in [2.75, 3.05) is 14.2 Å². The third-order valence-electron chi connectivity index (χ3n) is 4.35. The minimum Gasteiger partial charge on any atom is -0.467 e. The number of rotatable bonds is 8. The molecule has 4 heteroatoms. The summed E-state index contributed by atoms with van der Waals surface area (Å²) in [5.74, 6) is -0.694. The molecule has 0 fully saturated rings. The van der Waals surface area contributed by atoms with Crippen LogP contribution in [0.15, 0.2) is 60.7 Å². The maximum absolute atomic E-state index is 12.0. The number of hydrogen-bond donors (Lipinski definition) is 1. The SMILES string of the molecule is COC(=O)C(O)C(CCCc1ccccc1)(OC)c1ccccc1. The zero-order valence-electron chi connectivity index (χ0n) is 14.1. The smallest absolute Gasteiger partial charge is 0.338 e. The number of ether oxygens (including phenoxy) is 2. The fourth-order valence-corrected chi connectivity index (χ4v) is 2.99. The van der Waals surface area contributed by atoms with Crippen molar-refractivity contribution in [3.05, 3.63) is 71.8 Å². The fraction of sp³-hybridized carbons (Fsp3) is 0.350. The molecule has 1 N–H and O–H groups in total. The van der Waals surface area contributed by atoms with E-state index in [4.69, 9.17) is 9.47 Å². The molecule has 2 rings (SSSR count). The number of benzene rings is 2. The maximum Gasteiger partial charge on any atom is 0.338 e. The molecule has 24 heavy (non-hydrogen) atoms. The van der Waals surface area contributed by atoms with Crippen LogP contribution in [0, 0.1) is 0 Å². The third kappa shape index (κ3) is 4.02. The molecule has 0 spiro atoms. The Bertz CT molecular complexity index is 627. The lowest BCUT2D eigenvalue weighted by molar-refractivity contribution is -0.174. The van der Waals surface area contributed by atoms with Gasteiger partial charge in [-0.2, -0.15) is 0 Å². The van der Waals surface area contributed by atoms with Gasteiger partial charge in [-0.05, 0) is 30.4 Å². The number of esters is 1. The summed E-state index contributed by atoms with van der Waals surface area (Å²) in [4.78, 5) is 12.0. The Morgan fingerprint density at radius 2 is 1.62 bits per heavy atom. The van der Waals surface area contributed by atoms with Crippen molar-refractivity contribution in [3.63, 3.8) is 0 Å². The van der Waals surface area contributed by atoms with E-state index in [9.17, 15) is 9.90 Å². The zero-order valence-corrected chi connectivity index (χ0v) is 14.1. The fourth-order valence-electron chi connectivity index (χ4n) is 2.99. The highest BCUT2D eigenvalue weighted by Gasteiger charge is 2.44. The van der Waals surface area contributed by atoms with Crippen molar-refractivity contribution in [2.45, 2.75) is 31.0 Å². The van der Waals surface area contributed by atoms with Gasteiger partial charge < -0.3 is 14.6 Å². The number of methoxy groups -OCH3 is 2. The van der Waals surface area contributed by atoms with E-state index in [2.05, 4.69) is 12.1 Å². The Morgan fingerprint density at radius 1 is 1.04 bits per heavy atom. The molecule has 0 amide bonds. The number of hydrogen-bond acceptors (Lipinski definition) is 4. The normalized spacial score (nSPS) is 14.6. The molecule has 0 saturated carbocycles. The predicted molar refractivity (Wildman–Crippen MR) is 92.5 cm³/mol. The third-order valence-corrected chi connectivity index (χ3v) is 4.35. The van der Waals surface area contributed by atoms with Crippen molar-refractivity contribution >= 4 is 5.97 Å². The molecule has 2 aromatic rings. The standard InChI is InChI=1S/C20H24O4/c1-23-19(22)18(21)20(24-2,17-13-7-4-8-14-17)15-9-12-16-10-5-3-6-11-16/h3-8,10-11,13-14,18,21H,9,12,15H2,1-2H3. The van der Waals surface area contributed by atoms with Crippen LogP contribution in [0.5, 0.6) is 0 Å². The molecular weight excluding hydrogens is 304 g/mol. The van der Waals surface area contributed by atoms with Crippen LogP contribution in [0.4, 0.5) is 0 Å². The van der Waals surface area contributed by atoms with E-state index in [1.807, 2.05) is 48.5 Å². The van der Waals surface area contributed by atoms with Crippen molar-refractivity contribution in [1.82, 2.24) is 0 Å². The van der Waals surface area contributed by atoms with Crippen LogP contribution in [0.3, 0.4) is 0 Å². The van der Waals surface area contributed by atoms with E-state index in [1.54, 1.807) is 0 Å². The summed E-state index contributed by atoms with van der Waals surface area (Å²) in [5.41, 5.74) is 0.852. The van der Waals surface area contributed by atoms with Crippen LogP contribution in [0.25, 0.3) is 0 Å². The average molecular weight is 328 g/mol. The summed E-state index contributed by atoms with van der Waals surface area (Å²) in [6.07, 6.45) is 0.720. The highest BCUT2D eigenvalue weighted by Crippen LogP contribution is 2.35. The molecule has 0 saturated heterocycles. The Labute approximate surface area is 143 Å². The Kier molecular flexibility index (Phi) is 6.53. The summed E-state index contributed by atoms with van der Waals surface area (Å²) in [6.45, 7) is 0. The first-order chi connectivity index (χ1) is 11.6. The molecule has 0 aliphatic carbocycles. The van der Waals surface area contributed by atoms with Gasteiger partial charge in [-0.1, -0.05) is 60.7 Å². The van der Waals surface area contributed by atoms with E-state index in [0.717, 1.165) is 18.4 Å². The summed E-state index contributed by atoms with van der Waals surface area (Å²) < 4.78 is 10.4. The maximum atomic E-state index is 12.0. The van der Waals surface area contributed by atoms with Gasteiger partial charge in [0.25, 0.3) is 0 Å². The molecule has 0 aliphatic heterocycles. The Morgan fingerprint density at radius 3 is 2.17 bits per heavy atom. The summed E-state index contributed by atoms with van der Waals surface area (Å²) in [7, 11) is 2.78. The van der Waals surface area contributed by atoms with Crippen LogP contribution in [0.2, 0.25) is 0 Å². The van der Waals surface area contributed by atoms with Crippen molar-refractivity contribution in [3.8, 4) is 0 Å². The molecule has 2 atom stereocenters. The molecule has 4 nitrogen and oxygen atoms in total. The first kappa shape index (κ1) is 18.2. The van der Waals surface area contributed by atoms with Gasteiger partial charge in [0, 0.05) is 7.11 Å². The van der Waals surface area contributed by atoms with Crippen molar-refractivity contribution < 1.29 is 19.4 Å². The number of carbonyl (C=O) groups is 1. The van der Waals surface area contributed by atoms with Crippen molar-refractivity contribution in [1.29, 1.82) is 0 Å². The highest BCUT2D eigenvalue weighted by molar-refractivity contribution is 5.76. The summed E-state index contributed by atoms with van der Waals surface area (Å²) >= 11 is 0. The van der Waals surface area contributed by atoms with Crippen LogP contribution >= 0.6 is 0 Å². The highest BCUT2D eigenvalue weighted by atomic mass is 16.6. The molecule has 0 heterocycles. The lowest BCUT2D eigenvalue weighted by Gasteiger charge is -2.36. The number of aliphatic hydroxyl groups excluding tert-OH is 1. The Balaban J connectivity index is 2.23. The summed E-state index contributed by atoms with van der Waals surface area (Å²) in [5, 5.41) is 10.6. The second-order valence-corrected chi connectivity index (χ2v) is 5.72. The molecule has 0 aliphatic rings. The monoisotopic (exact) mass is 328 g/mol. The zero-order chi connectivity index (χ0) is 17.4. The number of aliphatic hydroxyl groups is 1. The predicted octanol–water partition coefficient (Wildman–Crippen LogP) is 3.09. The summed E-state index contributed by atoms with van der Waals surface area (Å²) in [6, 6.07) is 19.4. The van der Waals surface area contributed by atoms with Crippen LogP contribution in [0.1, 0.15) is 24.0 Å². The minimum atomic E-state index is -1.38. The first-order valence-corrected chi connectivity index (χ1v) is 8.04. The van der Waals surface area contributed by atoms with E-state index in [-0.39, 0.29) is 0 Å². The van der Waals surface area contributed by atoms with Crippen LogP contribution in [-0.2, 0) is 26.3 Å². The lowest BCUT2D eigenvalue weighted by Crippen LogP contribution is -2.46. The van der Waals surface area contributed by atoms with Gasteiger partial charge in [-0.15, -0.1) is 0 Å². The lowest BCUT2D eigenvalue weighted by atomic mass is 9.82. The molecule has 0 radical (unpaired) electrons.